The molecule has 0 bridgehead atoms. The maximum atomic E-state index is 9.17. The van der Waals surface area contributed by atoms with Gasteiger partial charge in [-0.1, -0.05) is 44.2 Å². The third kappa shape index (κ3) is 3.62. The fraction of sp³-hybridized carbons (Fsp3) is 0.571. The van der Waals surface area contributed by atoms with E-state index in [1.54, 1.807) is 0 Å². The van der Waals surface area contributed by atoms with Gasteiger partial charge in [-0.15, -0.1) is 0 Å². The molecule has 1 unspecified atom stereocenters. The van der Waals surface area contributed by atoms with Crippen LogP contribution in [-0.4, -0.2) is 29.2 Å². The molecule has 2 nitrogen and oxygen atoms in total. The van der Waals surface area contributed by atoms with E-state index in [0.29, 0.717) is 12.6 Å². The molecule has 0 amide bonds. The first-order valence-corrected chi connectivity index (χ1v) is 6.29. The molecule has 2 heteroatoms. The number of hydrogen-bond acceptors (Lipinski definition) is 2. The fourth-order valence-electron chi connectivity index (χ4n) is 2.13. The first-order chi connectivity index (χ1) is 7.90. The lowest BCUT2D eigenvalue weighted by Crippen LogP contribution is -2.31. The number of likely N-dealkylation sites (tertiary alicyclic amines) is 1. The molecule has 0 aromatic heterocycles. The molecule has 16 heavy (non-hydrogen) atoms. The van der Waals surface area contributed by atoms with Gasteiger partial charge in [0.1, 0.15) is 0 Å². The maximum absolute atomic E-state index is 9.17. The monoisotopic (exact) mass is 221 g/mol. The molecular formula is C14H23NO. The van der Waals surface area contributed by atoms with Gasteiger partial charge in [-0.25, -0.2) is 0 Å². The maximum Gasteiger partial charge on any atom is 0.0587 e. The second kappa shape index (κ2) is 7.42. The van der Waals surface area contributed by atoms with Crippen LogP contribution in [0.2, 0.25) is 0 Å². The Bertz CT molecular complexity index is 273. The molecule has 90 valence electrons. The summed E-state index contributed by atoms with van der Waals surface area (Å²) in [6.07, 6.45) is 2.36. The molecule has 1 saturated heterocycles. The van der Waals surface area contributed by atoms with Gasteiger partial charge in [0.2, 0.25) is 0 Å². The summed E-state index contributed by atoms with van der Waals surface area (Å²) in [6.45, 7) is 6.40. The topological polar surface area (TPSA) is 23.5 Å². The first-order valence-electron chi connectivity index (χ1n) is 6.29. The number of aliphatic hydroxyl groups excluding tert-OH is 1. The molecular weight excluding hydrogens is 198 g/mol. The highest BCUT2D eigenvalue weighted by molar-refractivity contribution is 5.14. The molecule has 1 N–H and O–H groups in total. The zero-order chi connectivity index (χ0) is 11.8. The minimum Gasteiger partial charge on any atom is -0.395 e. The number of rotatable bonds is 3. The second-order valence-electron chi connectivity index (χ2n) is 3.93. The Hall–Kier alpha value is -0.860. The molecule has 1 aliphatic rings. The fourth-order valence-corrected chi connectivity index (χ4v) is 2.13. The van der Waals surface area contributed by atoms with E-state index in [2.05, 4.69) is 29.2 Å². The van der Waals surface area contributed by atoms with E-state index in [4.69, 9.17) is 0 Å². The zero-order valence-corrected chi connectivity index (χ0v) is 10.4. The second-order valence-corrected chi connectivity index (χ2v) is 3.93. The van der Waals surface area contributed by atoms with Gasteiger partial charge in [0.25, 0.3) is 0 Å². The van der Waals surface area contributed by atoms with E-state index in [1.165, 1.54) is 12.0 Å². The average Bonchev–Trinajstić information content (AvgIpc) is 2.80. The van der Waals surface area contributed by atoms with Crippen molar-refractivity contribution in [1.82, 2.24) is 4.90 Å². The molecule has 0 spiro atoms. The molecule has 0 saturated carbocycles. The van der Waals surface area contributed by atoms with Gasteiger partial charge < -0.3 is 5.11 Å². The van der Waals surface area contributed by atoms with Crippen molar-refractivity contribution >= 4 is 0 Å². The van der Waals surface area contributed by atoms with E-state index in [0.717, 1.165) is 19.5 Å². The third-order valence-corrected chi connectivity index (χ3v) is 2.94. The Morgan fingerprint density at radius 1 is 1.25 bits per heavy atom. The minimum absolute atomic E-state index is 0.298. The zero-order valence-electron chi connectivity index (χ0n) is 10.4. The number of benzene rings is 1. The third-order valence-electron chi connectivity index (χ3n) is 2.94. The predicted octanol–water partition coefficient (Wildman–Crippen LogP) is 2.67. The van der Waals surface area contributed by atoms with Gasteiger partial charge in [-0.2, -0.15) is 0 Å². The van der Waals surface area contributed by atoms with Crippen molar-refractivity contribution in [3.63, 3.8) is 0 Å². The Labute approximate surface area is 98.9 Å². The average molecular weight is 221 g/mol. The lowest BCUT2D eigenvalue weighted by atomic mass is 10.2. The minimum atomic E-state index is 0.298. The van der Waals surface area contributed by atoms with E-state index >= 15 is 0 Å². The molecule has 1 aromatic rings. The molecule has 1 aromatic carbocycles. The lowest BCUT2D eigenvalue weighted by molar-refractivity contribution is 0.153. The number of nitrogens with zero attached hydrogens (tertiary/aromatic N) is 1. The molecule has 1 fully saturated rings. The van der Waals surface area contributed by atoms with Gasteiger partial charge in [0.05, 0.1) is 6.61 Å². The summed E-state index contributed by atoms with van der Waals surface area (Å²) in [5.41, 5.74) is 1.34. The van der Waals surface area contributed by atoms with Gasteiger partial charge in [-0.05, 0) is 24.9 Å². The van der Waals surface area contributed by atoms with Crippen LogP contribution in [0.25, 0.3) is 0 Å². The van der Waals surface area contributed by atoms with Crippen molar-refractivity contribution in [3.05, 3.63) is 35.9 Å². The van der Waals surface area contributed by atoms with Gasteiger partial charge >= 0.3 is 0 Å². The Morgan fingerprint density at radius 2 is 1.94 bits per heavy atom. The molecule has 1 atom stereocenters. The van der Waals surface area contributed by atoms with Crippen LogP contribution in [0.4, 0.5) is 0 Å². The van der Waals surface area contributed by atoms with Crippen LogP contribution in [0.1, 0.15) is 32.3 Å². The number of hydrogen-bond donors (Lipinski definition) is 1. The summed E-state index contributed by atoms with van der Waals surface area (Å²) in [5.74, 6) is 0. The molecule has 0 radical (unpaired) electrons. The quantitative estimate of drug-likeness (QED) is 0.848. The molecule has 0 aliphatic carbocycles. The Morgan fingerprint density at radius 3 is 2.56 bits per heavy atom. The Kier molecular flexibility index (Phi) is 6.12. The predicted molar refractivity (Wildman–Crippen MR) is 68.3 cm³/mol. The van der Waals surface area contributed by atoms with Gasteiger partial charge in [0.15, 0.2) is 0 Å². The summed E-state index contributed by atoms with van der Waals surface area (Å²) in [5, 5.41) is 9.17. The largest absolute Gasteiger partial charge is 0.395 e. The molecule has 1 aliphatic heterocycles. The smallest absolute Gasteiger partial charge is 0.0587 e. The van der Waals surface area contributed by atoms with E-state index in [-0.39, 0.29) is 0 Å². The van der Waals surface area contributed by atoms with Crippen LogP contribution < -0.4 is 0 Å². The van der Waals surface area contributed by atoms with E-state index < -0.39 is 0 Å². The standard InChI is InChI=1S/C12H17NO.C2H6/c14-10-12-7-4-8-13(12)9-11-5-2-1-3-6-11;1-2/h1-3,5-6,12,14H,4,7-10H2;1-2H3. The highest BCUT2D eigenvalue weighted by Crippen LogP contribution is 2.19. The van der Waals surface area contributed by atoms with Crippen LogP contribution in [0.5, 0.6) is 0 Å². The van der Waals surface area contributed by atoms with Crippen molar-refractivity contribution in [1.29, 1.82) is 0 Å². The van der Waals surface area contributed by atoms with Crippen molar-refractivity contribution in [2.24, 2.45) is 0 Å². The van der Waals surface area contributed by atoms with Gasteiger partial charge in [-0.3, -0.25) is 4.90 Å². The first kappa shape index (κ1) is 13.2. The van der Waals surface area contributed by atoms with E-state index in [1.807, 2.05) is 19.9 Å². The summed E-state index contributed by atoms with van der Waals surface area (Å²) >= 11 is 0. The van der Waals surface area contributed by atoms with E-state index in [9.17, 15) is 5.11 Å². The van der Waals surface area contributed by atoms with Crippen LogP contribution in [0.3, 0.4) is 0 Å². The highest BCUT2D eigenvalue weighted by Gasteiger charge is 2.23. The van der Waals surface area contributed by atoms with Gasteiger partial charge in [0, 0.05) is 12.6 Å². The van der Waals surface area contributed by atoms with Crippen LogP contribution in [0.15, 0.2) is 30.3 Å². The highest BCUT2D eigenvalue weighted by atomic mass is 16.3. The van der Waals surface area contributed by atoms with Crippen molar-refractivity contribution < 1.29 is 5.11 Å². The SMILES string of the molecule is CC.OCC1CCCN1Cc1ccccc1. The summed E-state index contributed by atoms with van der Waals surface area (Å²) in [7, 11) is 0. The van der Waals surface area contributed by atoms with Crippen molar-refractivity contribution in [2.75, 3.05) is 13.2 Å². The molecule has 1 heterocycles. The van der Waals surface area contributed by atoms with Crippen LogP contribution in [-0.2, 0) is 6.54 Å². The normalized spacial score (nSPS) is 20.3. The van der Waals surface area contributed by atoms with Crippen LogP contribution >= 0.6 is 0 Å². The molecule has 2 rings (SSSR count). The summed E-state index contributed by atoms with van der Waals surface area (Å²) < 4.78 is 0. The Balaban J connectivity index is 0.000000606. The summed E-state index contributed by atoms with van der Waals surface area (Å²) in [6, 6.07) is 10.9. The number of aliphatic hydroxyl groups is 1. The lowest BCUT2D eigenvalue weighted by Gasteiger charge is -2.22. The van der Waals surface area contributed by atoms with Crippen molar-refractivity contribution in [2.45, 2.75) is 39.3 Å². The van der Waals surface area contributed by atoms with Crippen molar-refractivity contribution in [3.8, 4) is 0 Å². The summed E-state index contributed by atoms with van der Waals surface area (Å²) in [4.78, 5) is 2.37. The van der Waals surface area contributed by atoms with Crippen LogP contribution in [0, 0.1) is 0 Å².